The van der Waals surface area contributed by atoms with Crippen molar-refractivity contribution in [2.24, 2.45) is 11.7 Å². The van der Waals surface area contributed by atoms with E-state index in [4.69, 9.17) is 10.8 Å². The Morgan fingerprint density at radius 3 is 2.36 bits per heavy atom. The van der Waals surface area contributed by atoms with Crippen LogP contribution in [-0.4, -0.2) is 28.3 Å². The van der Waals surface area contributed by atoms with Gasteiger partial charge in [-0.3, -0.25) is 4.79 Å². The third-order valence-corrected chi connectivity index (χ3v) is 3.03. The molecule has 4 N–H and O–H groups in total. The lowest BCUT2D eigenvalue weighted by Crippen LogP contribution is -2.44. The topological polar surface area (TPSA) is 83.6 Å². The molecular weight excluding hydrogens is 182 g/mol. The molecule has 0 aliphatic heterocycles. The van der Waals surface area contributed by atoms with E-state index in [1.54, 1.807) is 0 Å². The number of carboxylic acid groups (broad SMARTS) is 1. The van der Waals surface area contributed by atoms with Gasteiger partial charge < -0.3 is 15.9 Å². The first-order valence-corrected chi connectivity index (χ1v) is 5.29. The molecule has 14 heavy (non-hydrogen) atoms. The van der Waals surface area contributed by atoms with Gasteiger partial charge in [0.15, 0.2) is 0 Å². The Balaban J connectivity index is 2.57. The van der Waals surface area contributed by atoms with E-state index in [2.05, 4.69) is 0 Å². The van der Waals surface area contributed by atoms with Crippen molar-refractivity contribution in [2.45, 2.75) is 50.7 Å². The van der Waals surface area contributed by atoms with Gasteiger partial charge in [-0.15, -0.1) is 0 Å². The van der Waals surface area contributed by atoms with Crippen LogP contribution >= 0.6 is 0 Å². The molecule has 0 radical (unpaired) electrons. The molecule has 0 aromatic carbocycles. The summed E-state index contributed by atoms with van der Waals surface area (Å²) < 4.78 is 0. The third kappa shape index (κ3) is 2.96. The van der Waals surface area contributed by atoms with Crippen LogP contribution in [0.4, 0.5) is 0 Å². The Labute approximate surface area is 84.1 Å². The molecule has 1 fully saturated rings. The lowest BCUT2D eigenvalue weighted by atomic mass is 9.84. The molecule has 3 unspecified atom stereocenters. The normalized spacial score (nSPS) is 31.6. The minimum Gasteiger partial charge on any atom is -0.480 e. The number of carboxylic acids is 1. The molecule has 4 nitrogen and oxygen atoms in total. The second-order valence-corrected chi connectivity index (χ2v) is 4.09. The van der Waals surface area contributed by atoms with Crippen LogP contribution in [0.2, 0.25) is 0 Å². The van der Waals surface area contributed by atoms with E-state index in [1.807, 2.05) is 0 Å². The number of hydrogen-bond acceptors (Lipinski definition) is 3. The fourth-order valence-corrected chi connectivity index (χ4v) is 2.10. The summed E-state index contributed by atoms with van der Waals surface area (Å²) in [6, 6.07) is -0.914. The Bertz CT molecular complexity index is 196. The number of aliphatic hydroxyl groups excluding tert-OH is 1. The molecule has 0 amide bonds. The number of aliphatic carboxylic acids is 1. The van der Waals surface area contributed by atoms with Crippen molar-refractivity contribution >= 4 is 5.97 Å². The SMILES string of the molecule is NC(C(=O)O)C1CCCCCCC1O. The molecule has 0 aromatic rings. The van der Waals surface area contributed by atoms with E-state index in [0.717, 1.165) is 32.1 Å². The summed E-state index contributed by atoms with van der Waals surface area (Å²) in [6.07, 6.45) is 5.08. The van der Waals surface area contributed by atoms with Crippen LogP contribution in [0.3, 0.4) is 0 Å². The van der Waals surface area contributed by atoms with Gasteiger partial charge in [-0.1, -0.05) is 25.7 Å². The maximum atomic E-state index is 10.7. The lowest BCUT2D eigenvalue weighted by molar-refractivity contribution is -0.141. The van der Waals surface area contributed by atoms with Gasteiger partial charge >= 0.3 is 5.97 Å². The largest absolute Gasteiger partial charge is 0.480 e. The Hall–Kier alpha value is -0.610. The molecule has 0 aromatic heterocycles. The van der Waals surface area contributed by atoms with Crippen LogP contribution in [0.15, 0.2) is 0 Å². The van der Waals surface area contributed by atoms with Crippen LogP contribution < -0.4 is 5.73 Å². The molecule has 4 heteroatoms. The standard InChI is InChI=1S/C10H19NO3/c11-9(10(13)14)7-5-3-1-2-4-6-8(7)12/h7-9,12H,1-6,11H2,(H,13,14). The summed E-state index contributed by atoms with van der Waals surface area (Å²) >= 11 is 0. The minimum atomic E-state index is -1.00. The zero-order valence-electron chi connectivity index (χ0n) is 8.35. The second kappa shape index (κ2) is 5.32. The first-order valence-electron chi connectivity index (χ1n) is 5.29. The number of carbonyl (C=O) groups is 1. The van der Waals surface area contributed by atoms with E-state index in [0.29, 0.717) is 6.42 Å². The van der Waals surface area contributed by atoms with Gasteiger partial charge in [0.1, 0.15) is 6.04 Å². The Kier molecular flexibility index (Phi) is 4.35. The highest BCUT2D eigenvalue weighted by Gasteiger charge is 2.30. The number of hydrogen-bond donors (Lipinski definition) is 3. The predicted molar refractivity (Wildman–Crippen MR) is 52.8 cm³/mol. The molecule has 1 saturated carbocycles. The quantitative estimate of drug-likeness (QED) is 0.615. The smallest absolute Gasteiger partial charge is 0.320 e. The number of nitrogens with two attached hydrogens (primary N) is 1. The molecule has 1 aliphatic carbocycles. The summed E-state index contributed by atoms with van der Waals surface area (Å²) in [5.74, 6) is -1.28. The third-order valence-electron chi connectivity index (χ3n) is 3.03. The Morgan fingerprint density at radius 2 is 1.79 bits per heavy atom. The molecule has 82 valence electrons. The van der Waals surface area contributed by atoms with Crippen LogP contribution in [0.25, 0.3) is 0 Å². The fraction of sp³-hybridized carbons (Fsp3) is 0.900. The average Bonchev–Trinajstić information content (AvgIpc) is 2.11. The van der Waals surface area contributed by atoms with Crippen molar-refractivity contribution < 1.29 is 15.0 Å². The van der Waals surface area contributed by atoms with E-state index in [-0.39, 0.29) is 5.92 Å². The van der Waals surface area contributed by atoms with Crippen LogP contribution in [-0.2, 0) is 4.79 Å². The zero-order valence-corrected chi connectivity index (χ0v) is 8.35. The van der Waals surface area contributed by atoms with Crippen molar-refractivity contribution in [3.05, 3.63) is 0 Å². The number of rotatable bonds is 2. The van der Waals surface area contributed by atoms with Gasteiger partial charge in [-0.2, -0.15) is 0 Å². The van der Waals surface area contributed by atoms with Gasteiger partial charge in [-0.25, -0.2) is 0 Å². The molecule has 1 rings (SSSR count). The second-order valence-electron chi connectivity index (χ2n) is 4.09. The van der Waals surface area contributed by atoms with Gasteiger partial charge in [0.05, 0.1) is 6.10 Å². The van der Waals surface area contributed by atoms with Crippen molar-refractivity contribution in [3.8, 4) is 0 Å². The molecule has 0 saturated heterocycles. The summed E-state index contributed by atoms with van der Waals surface area (Å²) in [7, 11) is 0. The van der Waals surface area contributed by atoms with E-state index in [9.17, 15) is 9.90 Å². The van der Waals surface area contributed by atoms with E-state index in [1.165, 1.54) is 0 Å². The summed E-state index contributed by atoms with van der Waals surface area (Å²) in [6.45, 7) is 0. The highest BCUT2D eigenvalue weighted by molar-refractivity contribution is 5.73. The van der Waals surface area contributed by atoms with Crippen molar-refractivity contribution in [3.63, 3.8) is 0 Å². The zero-order chi connectivity index (χ0) is 10.6. The predicted octanol–water partition coefficient (Wildman–Crippen LogP) is 0.730. The van der Waals surface area contributed by atoms with Crippen molar-refractivity contribution in [2.75, 3.05) is 0 Å². The number of aliphatic hydroxyl groups is 1. The van der Waals surface area contributed by atoms with Crippen molar-refractivity contribution in [1.29, 1.82) is 0 Å². The van der Waals surface area contributed by atoms with Gasteiger partial charge in [-0.05, 0) is 12.8 Å². The maximum Gasteiger partial charge on any atom is 0.320 e. The van der Waals surface area contributed by atoms with Crippen LogP contribution in [0.5, 0.6) is 0 Å². The molecule has 1 aliphatic rings. The van der Waals surface area contributed by atoms with E-state index < -0.39 is 18.1 Å². The molecular formula is C10H19NO3. The van der Waals surface area contributed by atoms with E-state index >= 15 is 0 Å². The monoisotopic (exact) mass is 201 g/mol. The van der Waals surface area contributed by atoms with Gasteiger partial charge in [0.2, 0.25) is 0 Å². The first kappa shape index (κ1) is 11.5. The molecule has 0 heterocycles. The summed E-state index contributed by atoms with van der Waals surface area (Å²) in [5, 5.41) is 18.5. The fourth-order valence-electron chi connectivity index (χ4n) is 2.10. The first-order chi connectivity index (χ1) is 6.63. The van der Waals surface area contributed by atoms with Crippen LogP contribution in [0, 0.1) is 5.92 Å². The molecule has 0 spiro atoms. The Morgan fingerprint density at radius 1 is 1.21 bits per heavy atom. The van der Waals surface area contributed by atoms with Gasteiger partial charge in [0.25, 0.3) is 0 Å². The average molecular weight is 201 g/mol. The minimum absolute atomic E-state index is 0.271. The molecule has 0 bridgehead atoms. The molecule has 3 atom stereocenters. The lowest BCUT2D eigenvalue weighted by Gasteiger charge is -2.27. The summed E-state index contributed by atoms with van der Waals surface area (Å²) in [4.78, 5) is 10.7. The highest BCUT2D eigenvalue weighted by Crippen LogP contribution is 2.24. The summed E-state index contributed by atoms with van der Waals surface area (Å²) in [5.41, 5.74) is 5.54. The van der Waals surface area contributed by atoms with Gasteiger partial charge in [0, 0.05) is 5.92 Å². The maximum absolute atomic E-state index is 10.7. The highest BCUT2D eigenvalue weighted by atomic mass is 16.4. The van der Waals surface area contributed by atoms with Crippen LogP contribution in [0.1, 0.15) is 38.5 Å². The van der Waals surface area contributed by atoms with Crippen molar-refractivity contribution in [1.82, 2.24) is 0 Å².